The molecule has 0 saturated carbocycles. The molecule has 1 aromatic rings. The topological polar surface area (TPSA) is 87.7 Å². The van der Waals surface area contributed by atoms with Crippen LogP contribution >= 0.6 is 0 Å². The number of rotatable bonds is 6. The maximum Gasteiger partial charge on any atom is 0.319 e. The number of hydrogen-bond acceptors (Lipinski definition) is 3. The predicted molar refractivity (Wildman–Crippen MR) is 76.1 cm³/mol. The van der Waals surface area contributed by atoms with Crippen LogP contribution in [-0.2, 0) is 4.79 Å². The summed E-state index contributed by atoms with van der Waals surface area (Å²) in [6, 6.07) is 6.66. The summed E-state index contributed by atoms with van der Waals surface area (Å²) in [4.78, 5) is 22.5. The van der Waals surface area contributed by atoms with Gasteiger partial charge in [-0.2, -0.15) is 0 Å². The highest BCUT2D eigenvalue weighted by Crippen LogP contribution is 2.23. The van der Waals surface area contributed by atoms with Crippen molar-refractivity contribution in [1.82, 2.24) is 5.32 Å². The molecule has 0 heterocycles. The lowest BCUT2D eigenvalue weighted by Crippen LogP contribution is -2.45. The second kappa shape index (κ2) is 6.79. The number of ether oxygens (including phenoxy) is 1. The van der Waals surface area contributed by atoms with Crippen LogP contribution in [0.2, 0.25) is 0 Å². The van der Waals surface area contributed by atoms with E-state index in [4.69, 9.17) is 9.84 Å². The Hall–Kier alpha value is -2.24. The van der Waals surface area contributed by atoms with E-state index in [1.54, 1.807) is 38.1 Å². The molecule has 0 saturated heterocycles. The van der Waals surface area contributed by atoms with Gasteiger partial charge in [0.25, 0.3) is 0 Å². The molecule has 0 radical (unpaired) electrons. The lowest BCUT2D eigenvalue weighted by atomic mass is 9.99. The van der Waals surface area contributed by atoms with Gasteiger partial charge in [0.1, 0.15) is 5.75 Å². The molecule has 110 valence electrons. The minimum atomic E-state index is -0.884. The van der Waals surface area contributed by atoms with Crippen molar-refractivity contribution in [1.29, 1.82) is 0 Å². The van der Waals surface area contributed by atoms with E-state index in [1.165, 1.54) is 7.11 Å². The van der Waals surface area contributed by atoms with Gasteiger partial charge in [0.05, 0.1) is 12.8 Å². The molecule has 0 atom stereocenters. The number of amides is 2. The number of carboxylic acid groups (broad SMARTS) is 1. The average Bonchev–Trinajstić information content (AvgIpc) is 2.36. The van der Waals surface area contributed by atoms with Crippen LogP contribution in [0.3, 0.4) is 0 Å². The summed E-state index contributed by atoms with van der Waals surface area (Å²) in [5.74, 6) is -0.323. The van der Waals surface area contributed by atoms with Gasteiger partial charge in [-0.05, 0) is 32.4 Å². The molecule has 0 unspecified atom stereocenters. The molecule has 2 amide bonds. The van der Waals surface area contributed by atoms with Crippen LogP contribution in [-0.4, -0.2) is 29.8 Å². The Labute approximate surface area is 118 Å². The van der Waals surface area contributed by atoms with Crippen molar-refractivity contribution < 1.29 is 19.4 Å². The molecule has 0 bridgehead atoms. The molecule has 0 aromatic heterocycles. The molecule has 0 aliphatic rings. The number of urea groups is 1. The number of para-hydroxylation sites is 2. The van der Waals surface area contributed by atoms with Gasteiger partial charge in [-0.1, -0.05) is 12.1 Å². The molecule has 0 fully saturated rings. The zero-order chi connectivity index (χ0) is 15.2. The molecular formula is C14H20N2O4. The molecule has 1 rings (SSSR count). The Morgan fingerprint density at radius 3 is 2.55 bits per heavy atom. The minimum absolute atomic E-state index is 0.00192. The summed E-state index contributed by atoms with van der Waals surface area (Å²) in [6.07, 6.45) is 0.351. The van der Waals surface area contributed by atoms with Crippen molar-refractivity contribution in [3.05, 3.63) is 24.3 Å². The highest BCUT2D eigenvalue weighted by Gasteiger charge is 2.21. The van der Waals surface area contributed by atoms with Crippen molar-refractivity contribution in [2.45, 2.75) is 32.2 Å². The van der Waals surface area contributed by atoms with E-state index >= 15 is 0 Å². The molecule has 20 heavy (non-hydrogen) atoms. The summed E-state index contributed by atoms with van der Waals surface area (Å²) in [5.41, 5.74) is -0.0497. The maximum absolute atomic E-state index is 11.9. The van der Waals surface area contributed by atoms with E-state index in [9.17, 15) is 9.59 Å². The molecule has 1 aromatic carbocycles. The Kier molecular flexibility index (Phi) is 5.37. The molecule has 0 aliphatic heterocycles. The van der Waals surface area contributed by atoms with Gasteiger partial charge in [-0.15, -0.1) is 0 Å². The SMILES string of the molecule is COc1ccccc1NC(=O)NC(C)(C)CCC(=O)O. The van der Waals surface area contributed by atoms with Crippen molar-refractivity contribution >= 4 is 17.7 Å². The van der Waals surface area contributed by atoms with Crippen LogP contribution < -0.4 is 15.4 Å². The number of carbonyl (C=O) groups excluding carboxylic acids is 1. The van der Waals surface area contributed by atoms with Crippen LogP contribution in [0.1, 0.15) is 26.7 Å². The van der Waals surface area contributed by atoms with Crippen molar-refractivity contribution in [3.63, 3.8) is 0 Å². The van der Waals surface area contributed by atoms with Gasteiger partial charge in [0, 0.05) is 12.0 Å². The van der Waals surface area contributed by atoms with Gasteiger partial charge in [0.2, 0.25) is 0 Å². The lowest BCUT2D eigenvalue weighted by Gasteiger charge is -2.26. The molecule has 3 N–H and O–H groups in total. The average molecular weight is 280 g/mol. The number of methoxy groups -OCH3 is 1. The van der Waals surface area contributed by atoms with Gasteiger partial charge in [0.15, 0.2) is 0 Å². The molecule has 0 spiro atoms. The van der Waals surface area contributed by atoms with Gasteiger partial charge >= 0.3 is 12.0 Å². The first-order valence-electron chi connectivity index (χ1n) is 6.28. The smallest absolute Gasteiger partial charge is 0.319 e. The van der Waals surface area contributed by atoms with Gasteiger partial charge in [-0.3, -0.25) is 4.79 Å². The lowest BCUT2D eigenvalue weighted by molar-refractivity contribution is -0.137. The maximum atomic E-state index is 11.9. The first-order valence-corrected chi connectivity index (χ1v) is 6.28. The molecule has 0 aliphatic carbocycles. The normalized spacial score (nSPS) is 10.8. The number of carboxylic acids is 1. The van der Waals surface area contributed by atoms with E-state index in [2.05, 4.69) is 10.6 Å². The number of nitrogens with one attached hydrogen (secondary N) is 2. The Morgan fingerprint density at radius 2 is 1.95 bits per heavy atom. The third-order valence-electron chi connectivity index (χ3n) is 2.77. The summed E-state index contributed by atoms with van der Waals surface area (Å²) < 4.78 is 5.14. The number of aliphatic carboxylic acids is 1. The summed E-state index contributed by atoms with van der Waals surface area (Å²) in [5, 5.41) is 14.1. The van der Waals surface area contributed by atoms with E-state index in [-0.39, 0.29) is 6.42 Å². The highest BCUT2D eigenvalue weighted by atomic mass is 16.5. The fourth-order valence-corrected chi connectivity index (χ4v) is 1.69. The third kappa shape index (κ3) is 5.17. The van der Waals surface area contributed by atoms with Crippen molar-refractivity contribution in [2.75, 3.05) is 12.4 Å². The molecule has 6 nitrogen and oxygen atoms in total. The second-order valence-corrected chi connectivity index (χ2v) is 5.06. The number of hydrogen-bond donors (Lipinski definition) is 3. The second-order valence-electron chi connectivity index (χ2n) is 5.06. The number of anilines is 1. The van der Waals surface area contributed by atoms with E-state index in [0.717, 1.165) is 0 Å². The zero-order valence-electron chi connectivity index (χ0n) is 11.9. The molecule has 6 heteroatoms. The van der Waals surface area contributed by atoms with Crippen molar-refractivity contribution in [3.8, 4) is 5.75 Å². The summed E-state index contributed by atoms with van der Waals surface area (Å²) in [6.45, 7) is 3.55. The monoisotopic (exact) mass is 280 g/mol. The molecular weight excluding hydrogens is 260 g/mol. The first kappa shape index (κ1) is 15.8. The largest absolute Gasteiger partial charge is 0.495 e. The van der Waals surface area contributed by atoms with Gasteiger partial charge < -0.3 is 20.5 Å². The van der Waals surface area contributed by atoms with Gasteiger partial charge in [-0.25, -0.2) is 4.79 Å². The van der Waals surface area contributed by atoms with Crippen LogP contribution in [0, 0.1) is 0 Å². The zero-order valence-corrected chi connectivity index (χ0v) is 11.9. The number of carbonyl (C=O) groups is 2. The fraction of sp³-hybridized carbons (Fsp3) is 0.429. The van der Waals surface area contributed by atoms with Crippen LogP contribution in [0.15, 0.2) is 24.3 Å². The Bertz CT molecular complexity index is 486. The number of benzene rings is 1. The highest BCUT2D eigenvalue weighted by molar-refractivity contribution is 5.91. The summed E-state index contributed by atoms with van der Waals surface area (Å²) >= 11 is 0. The van der Waals surface area contributed by atoms with E-state index < -0.39 is 17.5 Å². The predicted octanol–water partition coefficient (Wildman–Crippen LogP) is 2.46. The van der Waals surface area contributed by atoms with Crippen LogP contribution in [0.4, 0.5) is 10.5 Å². The summed E-state index contributed by atoms with van der Waals surface area (Å²) in [7, 11) is 1.52. The van der Waals surface area contributed by atoms with Crippen LogP contribution in [0.25, 0.3) is 0 Å². The van der Waals surface area contributed by atoms with E-state index in [1.807, 2.05) is 0 Å². The van der Waals surface area contributed by atoms with E-state index in [0.29, 0.717) is 17.9 Å². The Morgan fingerprint density at radius 1 is 1.30 bits per heavy atom. The first-order chi connectivity index (χ1) is 9.34. The van der Waals surface area contributed by atoms with Crippen molar-refractivity contribution in [2.24, 2.45) is 0 Å². The fourth-order valence-electron chi connectivity index (χ4n) is 1.69. The standard InChI is InChI=1S/C14H20N2O4/c1-14(2,9-8-12(17)18)16-13(19)15-10-6-4-5-7-11(10)20-3/h4-7H,8-9H2,1-3H3,(H,17,18)(H2,15,16,19). The Balaban J connectivity index is 2.60. The van der Waals surface area contributed by atoms with Crippen LogP contribution in [0.5, 0.6) is 5.75 Å². The minimum Gasteiger partial charge on any atom is -0.495 e. The quantitative estimate of drug-likeness (QED) is 0.747. The third-order valence-corrected chi connectivity index (χ3v) is 2.77.